The van der Waals surface area contributed by atoms with Crippen LogP contribution in [0.25, 0.3) is 0 Å². The molecule has 2 nitrogen and oxygen atoms in total. The lowest BCUT2D eigenvalue weighted by Gasteiger charge is -2.08. The van der Waals surface area contributed by atoms with Crippen LogP contribution in [-0.4, -0.2) is 6.54 Å². The molecule has 0 saturated carbocycles. The van der Waals surface area contributed by atoms with Crippen molar-refractivity contribution in [2.24, 2.45) is 0 Å². The van der Waals surface area contributed by atoms with E-state index in [-0.39, 0.29) is 0 Å². The first-order chi connectivity index (χ1) is 11.4. The molecular formula is C21H29NO. The van der Waals surface area contributed by atoms with Crippen LogP contribution in [0, 0.1) is 0 Å². The number of nitrogens with one attached hydrogen (secondary N) is 1. The Morgan fingerprint density at radius 3 is 2.26 bits per heavy atom. The first-order valence-corrected chi connectivity index (χ1v) is 8.85. The van der Waals surface area contributed by atoms with Crippen LogP contribution in [0.3, 0.4) is 0 Å². The Balaban J connectivity index is 1.62. The summed E-state index contributed by atoms with van der Waals surface area (Å²) in [5.41, 5.74) is 2.51. The molecule has 2 aromatic rings. The Bertz CT molecular complexity index is 521. The Labute approximate surface area is 140 Å². The lowest BCUT2D eigenvalue weighted by molar-refractivity contribution is 0.306. The molecule has 0 amide bonds. The molecule has 0 saturated heterocycles. The predicted molar refractivity (Wildman–Crippen MR) is 97.7 cm³/mol. The van der Waals surface area contributed by atoms with Gasteiger partial charge >= 0.3 is 0 Å². The van der Waals surface area contributed by atoms with Crippen LogP contribution in [0.2, 0.25) is 0 Å². The average Bonchev–Trinajstić information content (AvgIpc) is 2.61. The van der Waals surface area contributed by atoms with E-state index in [1.807, 2.05) is 18.2 Å². The quantitative estimate of drug-likeness (QED) is 0.567. The second-order valence-electron chi connectivity index (χ2n) is 6.01. The van der Waals surface area contributed by atoms with Gasteiger partial charge in [-0.1, -0.05) is 75.1 Å². The van der Waals surface area contributed by atoms with Crippen LogP contribution >= 0.6 is 0 Å². The molecule has 2 rings (SSSR count). The molecule has 124 valence electrons. The first-order valence-electron chi connectivity index (χ1n) is 8.85. The van der Waals surface area contributed by atoms with Crippen LogP contribution in [-0.2, 0) is 13.2 Å². The van der Waals surface area contributed by atoms with Gasteiger partial charge in [0, 0.05) is 6.54 Å². The van der Waals surface area contributed by atoms with Gasteiger partial charge in [-0.15, -0.1) is 0 Å². The largest absolute Gasteiger partial charge is 0.489 e. The molecule has 2 aromatic carbocycles. The van der Waals surface area contributed by atoms with Gasteiger partial charge in [0.2, 0.25) is 0 Å². The zero-order valence-electron chi connectivity index (χ0n) is 14.3. The minimum Gasteiger partial charge on any atom is -0.489 e. The highest BCUT2D eigenvalue weighted by atomic mass is 16.5. The molecule has 0 unspecified atom stereocenters. The highest BCUT2D eigenvalue weighted by Gasteiger charge is 1.97. The van der Waals surface area contributed by atoms with E-state index in [9.17, 15) is 0 Å². The first kappa shape index (κ1) is 17.6. The molecule has 0 aliphatic rings. The van der Waals surface area contributed by atoms with E-state index in [1.165, 1.54) is 43.2 Å². The monoisotopic (exact) mass is 311 g/mol. The van der Waals surface area contributed by atoms with Crippen molar-refractivity contribution in [3.63, 3.8) is 0 Å². The van der Waals surface area contributed by atoms with Crippen LogP contribution in [0.15, 0.2) is 54.6 Å². The van der Waals surface area contributed by atoms with Gasteiger partial charge < -0.3 is 10.1 Å². The molecule has 0 spiro atoms. The molecular weight excluding hydrogens is 282 g/mol. The van der Waals surface area contributed by atoms with Crippen molar-refractivity contribution in [2.75, 3.05) is 6.54 Å². The van der Waals surface area contributed by atoms with Crippen molar-refractivity contribution in [3.8, 4) is 5.75 Å². The Hall–Kier alpha value is -1.80. The molecule has 0 aliphatic heterocycles. The topological polar surface area (TPSA) is 21.3 Å². The van der Waals surface area contributed by atoms with Crippen LogP contribution in [0.1, 0.15) is 50.2 Å². The van der Waals surface area contributed by atoms with Gasteiger partial charge in [0.1, 0.15) is 12.4 Å². The van der Waals surface area contributed by atoms with Gasteiger partial charge in [0.25, 0.3) is 0 Å². The summed E-state index contributed by atoms with van der Waals surface area (Å²) in [6.07, 6.45) is 6.66. The zero-order valence-corrected chi connectivity index (χ0v) is 14.3. The summed E-state index contributed by atoms with van der Waals surface area (Å²) in [6, 6.07) is 18.7. The van der Waals surface area contributed by atoms with Gasteiger partial charge in [0.15, 0.2) is 0 Å². The smallest absolute Gasteiger partial charge is 0.119 e. The molecule has 0 radical (unpaired) electrons. The second kappa shape index (κ2) is 10.8. The molecule has 0 heterocycles. The minimum absolute atomic E-state index is 0.621. The van der Waals surface area contributed by atoms with E-state index in [0.29, 0.717) is 6.61 Å². The second-order valence-corrected chi connectivity index (χ2v) is 6.01. The summed E-state index contributed by atoms with van der Waals surface area (Å²) in [7, 11) is 0. The van der Waals surface area contributed by atoms with Crippen LogP contribution in [0.5, 0.6) is 5.75 Å². The van der Waals surface area contributed by atoms with E-state index >= 15 is 0 Å². The fourth-order valence-electron chi connectivity index (χ4n) is 2.53. The van der Waals surface area contributed by atoms with E-state index < -0.39 is 0 Å². The predicted octanol–water partition coefficient (Wildman–Crippen LogP) is 5.33. The summed E-state index contributed by atoms with van der Waals surface area (Å²) >= 11 is 0. The number of unbranched alkanes of at least 4 members (excludes halogenated alkanes) is 4. The normalized spacial score (nSPS) is 10.7. The van der Waals surface area contributed by atoms with Crippen molar-refractivity contribution in [3.05, 3.63) is 65.7 Å². The van der Waals surface area contributed by atoms with Gasteiger partial charge in [-0.25, -0.2) is 0 Å². The van der Waals surface area contributed by atoms with Gasteiger partial charge in [0.05, 0.1) is 0 Å². The van der Waals surface area contributed by atoms with E-state index in [4.69, 9.17) is 4.74 Å². The minimum atomic E-state index is 0.621. The third kappa shape index (κ3) is 7.34. The summed E-state index contributed by atoms with van der Waals surface area (Å²) in [5, 5.41) is 3.52. The van der Waals surface area contributed by atoms with Gasteiger partial charge in [-0.05, 0) is 36.2 Å². The van der Waals surface area contributed by atoms with E-state index in [2.05, 4.69) is 48.6 Å². The Morgan fingerprint density at radius 1 is 0.783 bits per heavy atom. The number of benzene rings is 2. The maximum atomic E-state index is 5.81. The molecule has 2 heteroatoms. The van der Waals surface area contributed by atoms with E-state index in [0.717, 1.165) is 18.8 Å². The number of hydrogen-bond donors (Lipinski definition) is 1. The average molecular weight is 311 g/mol. The van der Waals surface area contributed by atoms with E-state index in [1.54, 1.807) is 0 Å². The number of hydrogen-bond acceptors (Lipinski definition) is 2. The fourth-order valence-corrected chi connectivity index (χ4v) is 2.53. The fraction of sp³-hybridized carbons (Fsp3) is 0.429. The summed E-state index contributed by atoms with van der Waals surface area (Å²) < 4.78 is 5.81. The zero-order chi connectivity index (χ0) is 16.2. The number of rotatable bonds is 11. The molecule has 0 aromatic heterocycles. The van der Waals surface area contributed by atoms with Crippen molar-refractivity contribution in [2.45, 2.75) is 52.2 Å². The molecule has 0 bridgehead atoms. The van der Waals surface area contributed by atoms with Gasteiger partial charge in [-0.3, -0.25) is 0 Å². The van der Waals surface area contributed by atoms with Crippen LogP contribution in [0.4, 0.5) is 0 Å². The summed E-state index contributed by atoms with van der Waals surface area (Å²) in [6.45, 7) is 4.92. The molecule has 0 fully saturated rings. The number of ether oxygens (including phenoxy) is 1. The SMILES string of the molecule is CCCCCCCNCc1ccc(OCc2ccccc2)cc1. The summed E-state index contributed by atoms with van der Waals surface area (Å²) in [5.74, 6) is 0.928. The maximum absolute atomic E-state index is 5.81. The third-order valence-electron chi connectivity index (χ3n) is 3.96. The third-order valence-corrected chi connectivity index (χ3v) is 3.96. The van der Waals surface area contributed by atoms with Crippen molar-refractivity contribution in [1.82, 2.24) is 5.32 Å². The summed E-state index contributed by atoms with van der Waals surface area (Å²) in [4.78, 5) is 0. The lowest BCUT2D eigenvalue weighted by Crippen LogP contribution is -2.14. The molecule has 0 aliphatic carbocycles. The van der Waals surface area contributed by atoms with Crippen LogP contribution < -0.4 is 10.1 Å². The standard InChI is InChI=1S/C21H29NO/c1-2-3-4-5-9-16-22-17-19-12-14-21(15-13-19)23-18-20-10-7-6-8-11-20/h6-8,10-15,22H,2-5,9,16-18H2,1H3. The highest BCUT2D eigenvalue weighted by molar-refractivity contribution is 5.27. The maximum Gasteiger partial charge on any atom is 0.119 e. The highest BCUT2D eigenvalue weighted by Crippen LogP contribution is 2.14. The molecule has 0 atom stereocenters. The Morgan fingerprint density at radius 2 is 1.52 bits per heavy atom. The van der Waals surface area contributed by atoms with Crippen molar-refractivity contribution < 1.29 is 4.74 Å². The molecule has 23 heavy (non-hydrogen) atoms. The molecule has 1 N–H and O–H groups in total. The Kier molecular flexibility index (Phi) is 8.28. The van der Waals surface area contributed by atoms with Gasteiger partial charge in [-0.2, -0.15) is 0 Å². The van der Waals surface area contributed by atoms with Crippen molar-refractivity contribution >= 4 is 0 Å². The van der Waals surface area contributed by atoms with Crippen molar-refractivity contribution in [1.29, 1.82) is 0 Å². The lowest BCUT2D eigenvalue weighted by atomic mass is 10.1.